The fourth-order valence-corrected chi connectivity index (χ4v) is 3.95. The SMILES string of the molecule is CN(C)CCN(Cc1ccccc1)C(=O)c1cc(-c2cccn2C)nn1-c1ccccc1Cl. The molecule has 0 atom stereocenters. The topological polar surface area (TPSA) is 46.3 Å². The number of benzene rings is 2. The van der Waals surface area contributed by atoms with Gasteiger partial charge in [-0.1, -0.05) is 54.1 Å². The average molecular weight is 462 g/mol. The van der Waals surface area contributed by atoms with Crippen LogP contribution in [0.4, 0.5) is 0 Å². The van der Waals surface area contributed by atoms with Crippen molar-refractivity contribution in [2.75, 3.05) is 27.2 Å². The Morgan fingerprint density at radius 3 is 2.36 bits per heavy atom. The first-order valence-electron chi connectivity index (χ1n) is 10.9. The molecule has 4 aromatic rings. The Bertz CT molecular complexity index is 1230. The summed E-state index contributed by atoms with van der Waals surface area (Å²) in [5.41, 5.74) is 3.89. The molecule has 6 nitrogen and oxygen atoms in total. The molecule has 1 amide bonds. The van der Waals surface area contributed by atoms with Crippen LogP contribution in [0.15, 0.2) is 79.0 Å². The molecule has 0 aliphatic heterocycles. The highest BCUT2D eigenvalue weighted by molar-refractivity contribution is 6.32. The van der Waals surface area contributed by atoms with Crippen LogP contribution < -0.4 is 0 Å². The highest BCUT2D eigenvalue weighted by atomic mass is 35.5. The Hall–Kier alpha value is -3.35. The monoisotopic (exact) mass is 461 g/mol. The van der Waals surface area contributed by atoms with Crippen molar-refractivity contribution in [3.05, 3.63) is 95.3 Å². The lowest BCUT2D eigenvalue weighted by Crippen LogP contribution is -2.37. The van der Waals surface area contributed by atoms with Gasteiger partial charge in [-0.3, -0.25) is 4.79 Å². The Balaban J connectivity index is 1.78. The van der Waals surface area contributed by atoms with Gasteiger partial charge in [0, 0.05) is 32.9 Å². The third kappa shape index (κ3) is 5.18. The molecular formula is C26H28ClN5O. The van der Waals surface area contributed by atoms with E-state index in [1.54, 1.807) is 4.68 Å². The maximum Gasteiger partial charge on any atom is 0.272 e. The van der Waals surface area contributed by atoms with Crippen molar-refractivity contribution in [1.82, 2.24) is 24.1 Å². The molecule has 170 valence electrons. The van der Waals surface area contributed by atoms with Crippen LogP contribution >= 0.6 is 11.6 Å². The number of hydrogen-bond acceptors (Lipinski definition) is 3. The number of nitrogens with zero attached hydrogens (tertiary/aromatic N) is 5. The number of halogens is 1. The van der Waals surface area contributed by atoms with Crippen LogP contribution in [-0.4, -0.2) is 57.2 Å². The number of carbonyl (C=O) groups is 1. The van der Waals surface area contributed by atoms with E-state index in [0.717, 1.165) is 23.5 Å². The van der Waals surface area contributed by atoms with Crippen molar-refractivity contribution in [3.63, 3.8) is 0 Å². The van der Waals surface area contributed by atoms with Crippen LogP contribution in [0, 0.1) is 0 Å². The van der Waals surface area contributed by atoms with E-state index in [4.69, 9.17) is 16.7 Å². The molecule has 0 aliphatic rings. The third-order valence-electron chi connectivity index (χ3n) is 5.54. The van der Waals surface area contributed by atoms with Gasteiger partial charge < -0.3 is 14.4 Å². The molecule has 33 heavy (non-hydrogen) atoms. The minimum atomic E-state index is -0.0893. The second-order valence-electron chi connectivity index (χ2n) is 8.30. The lowest BCUT2D eigenvalue weighted by molar-refractivity contribution is 0.0722. The van der Waals surface area contributed by atoms with Gasteiger partial charge in [-0.15, -0.1) is 0 Å². The van der Waals surface area contributed by atoms with Crippen LogP contribution in [-0.2, 0) is 13.6 Å². The molecule has 2 heterocycles. The summed E-state index contributed by atoms with van der Waals surface area (Å²) in [4.78, 5) is 17.9. The van der Waals surface area contributed by atoms with Gasteiger partial charge in [0.2, 0.25) is 0 Å². The van der Waals surface area contributed by atoms with Gasteiger partial charge in [-0.05, 0) is 50.0 Å². The quantitative estimate of drug-likeness (QED) is 0.381. The second kappa shape index (κ2) is 10.1. The van der Waals surface area contributed by atoms with Crippen molar-refractivity contribution in [3.8, 4) is 17.1 Å². The second-order valence-corrected chi connectivity index (χ2v) is 8.71. The minimum Gasteiger partial charge on any atom is -0.349 e. The zero-order valence-corrected chi connectivity index (χ0v) is 19.9. The summed E-state index contributed by atoms with van der Waals surface area (Å²) < 4.78 is 3.65. The lowest BCUT2D eigenvalue weighted by atomic mass is 10.2. The number of aromatic nitrogens is 3. The minimum absolute atomic E-state index is 0.0893. The first-order valence-corrected chi connectivity index (χ1v) is 11.3. The molecule has 0 N–H and O–H groups in total. The van der Waals surface area contributed by atoms with Crippen molar-refractivity contribution >= 4 is 17.5 Å². The molecule has 2 aromatic carbocycles. The molecule has 0 spiro atoms. The first-order chi connectivity index (χ1) is 15.9. The summed E-state index contributed by atoms with van der Waals surface area (Å²) >= 11 is 6.52. The normalized spacial score (nSPS) is 11.2. The number of carbonyl (C=O) groups excluding carboxylic acids is 1. The number of aryl methyl sites for hydroxylation is 1. The molecule has 0 radical (unpaired) electrons. The molecule has 0 saturated heterocycles. The number of hydrogen-bond donors (Lipinski definition) is 0. The van der Waals surface area contributed by atoms with Crippen LogP contribution in [0.3, 0.4) is 0 Å². The van der Waals surface area contributed by atoms with E-state index in [1.165, 1.54) is 0 Å². The molecule has 0 saturated carbocycles. The zero-order chi connectivity index (χ0) is 23.4. The highest BCUT2D eigenvalue weighted by Gasteiger charge is 2.24. The van der Waals surface area contributed by atoms with Crippen molar-refractivity contribution in [1.29, 1.82) is 0 Å². The van der Waals surface area contributed by atoms with Gasteiger partial charge in [0.15, 0.2) is 0 Å². The maximum atomic E-state index is 13.9. The molecule has 4 rings (SSSR count). The summed E-state index contributed by atoms with van der Waals surface area (Å²) in [5.74, 6) is -0.0893. The molecule has 0 fully saturated rings. The standard InChI is InChI=1S/C26H28ClN5O/c1-29(2)16-17-31(19-20-10-5-4-6-11-20)26(33)25-18-22(24-14-9-15-30(24)3)28-32(25)23-13-8-7-12-21(23)27/h4-15,18H,16-17,19H2,1-3H3. The number of para-hydroxylation sites is 1. The maximum absolute atomic E-state index is 13.9. The van der Waals surface area contributed by atoms with Crippen molar-refractivity contribution < 1.29 is 4.79 Å². The van der Waals surface area contributed by atoms with E-state index >= 15 is 0 Å². The molecular weight excluding hydrogens is 434 g/mol. The van der Waals surface area contributed by atoms with Gasteiger partial charge in [0.25, 0.3) is 5.91 Å². The van der Waals surface area contributed by atoms with E-state index in [-0.39, 0.29) is 5.91 Å². The number of likely N-dealkylation sites (N-methyl/N-ethyl adjacent to an activating group) is 1. The largest absolute Gasteiger partial charge is 0.349 e. The molecule has 0 aliphatic carbocycles. The Labute approximate surface area is 199 Å². The van der Waals surface area contributed by atoms with Gasteiger partial charge >= 0.3 is 0 Å². The predicted molar refractivity (Wildman–Crippen MR) is 133 cm³/mol. The fraction of sp³-hybridized carbons (Fsp3) is 0.231. The summed E-state index contributed by atoms with van der Waals surface area (Å²) in [5, 5.41) is 5.34. The Morgan fingerprint density at radius 1 is 0.970 bits per heavy atom. The van der Waals surface area contributed by atoms with Crippen LogP contribution in [0.5, 0.6) is 0 Å². The van der Waals surface area contributed by atoms with Crippen molar-refractivity contribution in [2.45, 2.75) is 6.54 Å². The van der Waals surface area contributed by atoms with E-state index in [2.05, 4.69) is 4.90 Å². The molecule has 7 heteroatoms. The average Bonchev–Trinajstić information content (AvgIpc) is 3.43. The highest BCUT2D eigenvalue weighted by Crippen LogP contribution is 2.27. The van der Waals surface area contributed by atoms with Gasteiger partial charge in [-0.25, -0.2) is 4.68 Å². The fourth-order valence-electron chi connectivity index (χ4n) is 3.73. The summed E-state index contributed by atoms with van der Waals surface area (Å²) in [7, 11) is 5.98. The van der Waals surface area contributed by atoms with Gasteiger partial charge in [0.05, 0.1) is 16.4 Å². The summed E-state index contributed by atoms with van der Waals surface area (Å²) in [6, 6.07) is 23.3. The van der Waals surface area contributed by atoms with E-state index in [0.29, 0.717) is 29.5 Å². The van der Waals surface area contributed by atoms with Crippen LogP contribution in [0.1, 0.15) is 16.1 Å². The van der Waals surface area contributed by atoms with Crippen molar-refractivity contribution in [2.24, 2.45) is 7.05 Å². The van der Waals surface area contributed by atoms with Gasteiger partial charge in [-0.2, -0.15) is 5.10 Å². The van der Waals surface area contributed by atoms with Crippen LogP contribution in [0.25, 0.3) is 17.1 Å². The Morgan fingerprint density at radius 2 is 1.70 bits per heavy atom. The van der Waals surface area contributed by atoms with Gasteiger partial charge in [0.1, 0.15) is 11.4 Å². The van der Waals surface area contributed by atoms with Crippen LogP contribution in [0.2, 0.25) is 5.02 Å². The summed E-state index contributed by atoms with van der Waals surface area (Å²) in [6.07, 6.45) is 1.96. The Kier molecular flexibility index (Phi) is 6.96. The third-order valence-corrected chi connectivity index (χ3v) is 5.86. The lowest BCUT2D eigenvalue weighted by Gasteiger charge is -2.25. The van der Waals surface area contributed by atoms with E-state index in [9.17, 15) is 4.79 Å². The van der Waals surface area contributed by atoms with E-state index < -0.39 is 0 Å². The summed E-state index contributed by atoms with van der Waals surface area (Å²) in [6.45, 7) is 1.86. The smallest absolute Gasteiger partial charge is 0.272 e. The zero-order valence-electron chi connectivity index (χ0n) is 19.1. The molecule has 2 aromatic heterocycles. The molecule has 0 bridgehead atoms. The number of amides is 1. The van der Waals surface area contributed by atoms with E-state index in [1.807, 2.05) is 110 Å². The number of rotatable bonds is 8. The predicted octanol–water partition coefficient (Wildman–Crippen LogP) is 4.74. The molecule has 0 unspecified atom stereocenters. The first kappa shape index (κ1) is 22.8.